The molecule has 4 heteroatoms. The summed E-state index contributed by atoms with van der Waals surface area (Å²) in [6.07, 6.45) is 4.23. The number of aromatic nitrogens is 3. The van der Waals surface area contributed by atoms with E-state index >= 15 is 0 Å². The number of benzene rings is 1. The van der Waals surface area contributed by atoms with Gasteiger partial charge in [0.15, 0.2) is 0 Å². The maximum atomic E-state index is 10.7. The van der Waals surface area contributed by atoms with Gasteiger partial charge in [0.1, 0.15) is 6.29 Å². The summed E-state index contributed by atoms with van der Waals surface area (Å²) >= 11 is 0. The van der Waals surface area contributed by atoms with Gasteiger partial charge in [-0.3, -0.25) is 4.79 Å². The van der Waals surface area contributed by atoms with Crippen molar-refractivity contribution in [1.29, 1.82) is 0 Å². The van der Waals surface area contributed by atoms with Crippen LogP contribution in [-0.4, -0.2) is 21.3 Å². The van der Waals surface area contributed by atoms with E-state index in [1.807, 2.05) is 18.2 Å². The fourth-order valence-electron chi connectivity index (χ4n) is 1.28. The van der Waals surface area contributed by atoms with Gasteiger partial charge >= 0.3 is 0 Å². The molecular formula is C10H9N3O. The normalized spacial score (nSPS) is 10.0. The average molecular weight is 187 g/mol. The fourth-order valence-corrected chi connectivity index (χ4v) is 1.28. The smallest absolute Gasteiger partial charge is 0.150 e. The third-order valence-corrected chi connectivity index (χ3v) is 1.99. The largest absolute Gasteiger partial charge is 0.298 e. The molecule has 2 aromatic rings. The molecule has 0 bridgehead atoms. The fraction of sp³-hybridized carbons (Fsp3) is 0.100. The first-order chi connectivity index (χ1) is 6.90. The molecule has 0 spiro atoms. The van der Waals surface area contributed by atoms with Crippen LogP contribution in [0.5, 0.6) is 0 Å². The van der Waals surface area contributed by atoms with Gasteiger partial charge in [-0.05, 0) is 5.56 Å². The molecule has 1 heterocycles. The molecule has 0 aliphatic heterocycles. The van der Waals surface area contributed by atoms with Gasteiger partial charge in [-0.25, -0.2) is 4.68 Å². The van der Waals surface area contributed by atoms with Gasteiger partial charge < -0.3 is 0 Å². The second-order valence-corrected chi connectivity index (χ2v) is 2.92. The van der Waals surface area contributed by atoms with Gasteiger partial charge in [0.05, 0.1) is 12.7 Å². The molecule has 2 rings (SSSR count). The highest BCUT2D eigenvalue weighted by Gasteiger charge is 2.00. The van der Waals surface area contributed by atoms with E-state index in [0.717, 1.165) is 11.8 Å². The van der Waals surface area contributed by atoms with Gasteiger partial charge in [-0.15, -0.1) is 5.10 Å². The van der Waals surface area contributed by atoms with Crippen molar-refractivity contribution in [3.8, 4) is 0 Å². The second-order valence-electron chi connectivity index (χ2n) is 2.92. The third kappa shape index (κ3) is 1.69. The average Bonchev–Trinajstić information content (AvgIpc) is 2.71. The highest BCUT2D eigenvalue weighted by atomic mass is 16.1. The van der Waals surface area contributed by atoms with Crippen molar-refractivity contribution in [3.05, 3.63) is 47.8 Å². The van der Waals surface area contributed by atoms with Gasteiger partial charge in [0, 0.05) is 11.8 Å². The number of carbonyl (C=O) groups excluding carboxylic acids is 1. The lowest BCUT2D eigenvalue weighted by Gasteiger charge is -2.03. The molecule has 14 heavy (non-hydrogen) atoms. The monoisotopic (exact) mass is 187 g/mol. The van der Waals surface area contributed by atoms with E-state index < -0.39 is 0 Å². The highest BCUT2D eigenvalue weighted by molar-refractivity contribution is 5.77. The predicted molar refractivity (Wildman–Crippen MR) is 51.0 cm³/mol. The first kappa shape index (κ1) is 8.62. The Bertz CT molecular complexity index is 423. The Morgan fingerprint density at radius 2 is 2.21 bits per heavy atom. The zero-order chi connectivity index (χ0) is 9.80. The third-order valence-electron chi connectivity index (χ3n) is 1.99. The minimum atomic E-state index is 0.578. The number of nitrogens with zero attached hydrogens (tertiary/aromatic N) is 3. The molecule has 0 radical (unpaired) electrons. The maximum absolute atomic E-state index is 10.7. The summed E-state index contributed by atoms with van der Waals surface area (Å²) in [5.74, 6) is 0. The number of hydrogen-bond acceptors (Lipinski definition) is 3. The predicted octanol–water partition coefficient (Wildman–Crippen LogP) is 1.14. The van der Waals surface area contributed by atoms with Crippen LogP contribution in [-0.2, 0) is 6.54 Å². The second kappa shape index (κ2) is 3.83. The molecule has 0 atom stereocenters. The van der Waals surface area contributed by atoms with Gasteiger partial charge in [-0.2, -0.15) is 0 Å². The van der Waals surface area contributed by atoms with E-state index in [0.29, 0.717) is 12.1 Å². The van der Waals surface area contributed by atoms with Crippen molar-refractivity contribution in [3.63, 3.8) is 0 Å². The van der Waals surface area contributed by atoms with E-state index in [1.54, 1.807) is 23.1 Å². The standard InChI is InChI=1S/C10H9N3O/c14-8-10-4-2-1-3-9(10)7-13-6-5-11-12-13/h1-6,8H,7H2. The van der Waals surface area contributed by atoms with Crippen LogP contribution in [0.3, 0.4) is 0 Å². The van der Waals surface area contributed by atoms with Crippen LogP contribution in [0.4, 0.5) is 0 Å². The van der Waals surface area contributed by atoms with Crippen molar-refractivity contribution in [1.82, 2.24) is 15.0 Å². The van der Waals surface area contributed by atoms with E-state index in [2.05, 4.69) is 10.3 Å². The summed E-state index contributed by atoms with van der Waals surface area (Å²) in [7, 11) is 0. The lowest BCUT2D eigenvalue weighted by Crippen LogP contribution is -2.03. The van der Waals surface area contributed by atoms with Gasteiger partial charge in [0.25, 0.3) is 0 Å². The zero-order valence-electron chi connectivity index (χ0n) is 7.50. The van der Waals surface area contributed by atoms with Crippen LogP contribution in [0.1, 0.15) is 15.9 Å². The van der Waals surface area contributed by atoms with Crippen molar-refractivity contribution in [2.45, 2.75) is 6.54 Å². The molecule has 70 valence electrons. The Kier molecular flexibility index (Phi) is 2.36. The van der Waals surface area contributed by atoms with E-state index in [1.165, 1.54) is 0 Å². The Labute approximate surface area is 81.2 Å². The zero-order valence-corrected chi connectivity index (χ0v) is 7.50. The SMILES string of the molecule is O=Cc1ccccc1Cn1ccnn1. The minimum absolute atomic E-state index is 0.578. The minimum Gasteiger partial charge on any atom is -0.298 e. The summed E-state index contributed by atoms with van der Waals surface area (Å²) in [5.41, 5.74) is 1.65. The van der Waals surface area contributed by atoms with Crippen LogP contribution in [0, 0.1) is 0 Å². The van der Waals surface area contributed by atoms with Gasteiger partial charge in [0.2, 0.25) is 0 Å². The summed E-state index contributed by atoms with van der Waals surface area (Å²) in [6, 6.07) is 7.44. The van der Waals surface area contributed by atoms with Crippen molar-refractivity contribution < 1.29 is 4.79 Å². The van der Waals surface area contributed by atoms with E-state index in [9.17, 15) is 4.79 Å². The molecule has 0 unspecified atom stereocenters. The maximum Gasteiger partial charge on any atom is 0.150 e. The number of hydrogen-bond donors (Lipinski definition) is 0. The molecule has 0 amide bonds. The summed E-state index contributed by atoms with van der Waals surface area (Å²) in [4.78, 5) is 10.7. The summed E-state index contributed by atoms with van der Waals surface area (Å²) in [5, 5.41) is 7.54. The molecule has 0 saturated heterocycles. The number of carbonyl (C=O) groups is 1. The lowest BCUT2D eigenvalue weighted by molar-refractivity contribution is 0.112. The van der Waals surface area contributed by atoms with Crippen LogP contribution in [0.2, 0.25) is 0 Å². The van der Waals surface area contributed by atoms with Crippen LogP contribution in [0.25, 0.3) is 0 Å². The Morgan fingerprint density at radius 1 is 1.36 bits per heavy atom. The molecule has 0 fully saturated rings. The summed E-state index contributed by atoms with van der Waals surface area (Å²) in [6.45, 7) is 0.578. The highest BCUT2D eigenvalue weighted by Crippen LogP contribution is 2.07. The Morgan fingerprint density at radius 3 is 2.93 bits per heavy atom. The topological polar surface area (TPSA) is 47.8 Å². The van der Waals surface area contributed by atoms with Crippen LogP contribution >= 0.6 is 0 Å². The first-order valence-corrected chi connectivity index (χ1v) is 4.27. The van der Waals surface area contributed by atoms with Crippen LogP contribution < -0.4 is 0 Å². The van der Waals surface area contributed by atoms with Crippen molar-refractivity contribution in [2.24, 2.45) is 0 Å². The molecule has 0 saturated carbocycles. The Balaban J connectivity index is 2.28. The van der Waals surface area contributed by atoms with E-state index in [-0.39, 0.29) is 0 Å². The quantitative estimate of drug-likeness (QED) is 0.677. The molecule has 1 aromatic carbocycles. The number of rotatable bonds is 3. The first-order valence-electron chi connectivity index (χ1n) is 4.27. The van der Waals surface area contributed by atoms with Crippen LogP contribution in [0.15, 0.2) is 36.7 Å². The molecule has 0 aliphatic carbocycles. The summed E-state index contributed by atoms with van der Waals surface area (Å²) < 4.78 is 1.68. The van der Waals surface area contributed by atoms with Crippen molar-refractivity contribution in [2.75, 3.05) is 0 Å². The lowest BCUT2D eigenvalue weighted by atomic mass is 10.1. The molecular weight excluding hydrogens is 178 g/mol. The van der Waals surface area contributed by atoms with Gasteiger partial charge in [-0.1, -0.05) is 29.5 Å². The van der Waals surface area contributed by atoms with E-state index in [4.69, 9.17) is 0 Å². The molecule has 0 N–H and O–H groups in total. The molecule has 1 aromatic heterocycles. The Hall–Kier alpha value is -1.97. The van der Waals surface area contributed by atoms with Crippen molar-refractivity contribution >= 4 is 6.29 Å². The molecule has 0 aliphatic rings. The molecule has 4 nitrogen and oxygen atoms in total. The number of aldehydes is 1.